The summed E-state index contributed by atoms with van der Waals surface area (Å²) in [5.74, 6) is 3.22. The van der Waals surface area contributed by atoms with Crippen molar-refractivity contribution in [3.63, 3.8) is 0 Å². The molecule has 0 amide bonds. The predicted molar refractivity (Wildman–Crippen MR) is 53.7 cm³/mol. The van der Waals surface area contributed by atoms with Gasteiger partial charge in [0, 0.05) is 11.9 Å². The van der Waals surface area contributed by atoms with E-state index in [4.69, 9.17) is 6.42 Å². The fourth-order valence-corrected chi connectivity index (χ4v) is 1.22. The van der Waals surface area contributed by atoms with E-state index in [0.29, 0.717) is 13.0 Å². The van der Waals surface area contributed by atoms with Crippen LogP contribution < -0.4 is 0 Å². The van der Waals surface area contributed by atoms with Crippen LogP contribution in [-0.4, -0.2) is 25.2 Å². The van der Waals surface area contributed by atoms with Gasteiger partial charge in [0.05, 0.1) is 6.42 Å². The van der Waals surface area contributed by atoms with E-state index in [1.54, 1.807) is 10.9 Å². The lowest BCUT2D eigenvalue weighted by Crippen LogP contribution is -2.05. The van der Waals surface area contributed by atoms with Gasteiger partial charge < -0.3 is 0 Å². The average Bonchev–Trinajstić information content (AvgIpc) is 2.68. The normalized spacial score (nSPS) is 9.80. The van der Waals surface area contributed by atoms with Gasteiger partial charge in [-0.25, -0.2) is 4.68 Å². The number of terminal acetylenes is 1. The van der Waals surface area contributed by atoms with E-state index in [-0.39, 0.29) is 0 Å². The molecule has 2 heterocycles. The van der Waals surface area contributed by atoms with E-state index in [0.717, 1.165) is 11.5 Å². The summed E-state index contributed by atoms with van der Waals surface area (Å²) in [6.07, 6.45) is 7.53. The molecule has 0 saturated heterocycles. The Morgan fingerprint density at radius 1 is 1.40 bits per heavy atom. The van der Waals surface area contributed by atoms with E-state index in [1.165, 1.54) is 0 Å². The Morgan fingerprint density at radius 3 is 3.07 bits per heavy atom. The highest BCUT2D eigenvalue weighted by molar-refractivity contribution is 5.09. The Morgan fingerprint density at radius 2 is 2.33 bits per heavy atom. The van der Waals surface area contributed by atoms with Crippen molar-refractivity contribution in [3.8, 4) is 12.3 Å². The molecule has 0 aliphatic heterocycles. The van der Waals surface area contributed by atoms with Crippen molar-refractivity contribution in [2.24, 2.45) is 0 Å². The summed E-state index contributed by atoms with van der Waals surface area (Å²) in [5, 5.41) is 11.3. The van der Waals surface area contributed by atoms with Crippen molar-refractivity contribution in [2.75, 3.05) is 0 Å². The minimum atomic E-state index is 0.384. The molecule has 15 heavy (non-hydrogen) atoms. The monoisotopic (exact) mass is 199 g/mol. The minimum absolute atomic E-state index is 0.384. The summed E-state index contributed by atoms with van der Waals surface area (Å²) in [4.78, 5) is 4.19. The van der Waals surface area contributed by atoms with E-state index in [9.17, 15) is 0 Å². The van der Waals surface area contributed by atoms with Gasteiger partial charge in [0.1, 0.15) is 6.54 Å². The largest absolute Gasteiger partial charge is 0.261 e. The molecule has 74 valence electrons. The fourth-order valence-electron chi connectivity index (χ4n) is 1.22. The van der Waals surface area contributed by atoms with Gasteiger partial charge in [-0.15, -0.1) is 11.5 Å². The van der Waals surface area contributed by atoms with Crippen molar-refractivity contribution < 1.29 is 0 Å². The third kappa shape index (κ3) is 2.17. The maximum absolute atomic E-state index is 5.20. The van der Waals surface area contributed by atoms with Gasteiger partial charge in [-0.2, -0.15) is 0 Å². The molecule has 2 aromatic rings. The van der Waals surface area contributed by atoms with E-state index in [1.807, 2.05) is 18.2 Å². The van der Waals surface area contributed by atoms with Gasteiger partial charge in [0.2, 0.25) is 0 Å². The zero-order chi connectivity index (χ0) is 10.5. The first-order valence-electron chi connectivity index (χ1n) is 4.48. The first kappa shape index (κ1) is 9.34. The molecule has 5 nitrogen and oxygen atoms in total. The number of tetrazole rings is 1. The summed E-state index contributed by atoms with van der Waals surface area (Å²) < 4.78 is 1.59. The van der Waals surface area contributed by atoms with Crippen molar-refractivity contribution in [1.29, 1.82) is 0 Å². The van der Waals surface area contributed by atoms with Crippen molar-refractivity contribution in [1.82, 2.24) is 25.2 Å². The van der Waals surface area contributed by atoms with Gasteiger partial charge >= 0.3 is 0 Å². The SMILES string of the molecule is C#CCn1nnnc1Cc1ccccn1. The molecule has 0 saturated carbocycles. The van der Waals surface area contributed by atoms with Crippen molar-refractivity contribution in [2.45, 2.75) is 13.0 Å². The standard InChI is InChI=1S/C10H9N5/c1-2-7-15-10(12-13-14-15)8-9-5-3-4-6-11-9/h1,3-6H,7-8H2. The average molecular weight is 199 g/mol. The number of hydrogen-bond donors (Lipinski definition) is 0. The number of pyridine rings is 1. The van der Waals surface area contributed by atoms with Crippen molar-refractivity contribution >= 4 is 0 Å². The zero-order valence-corrected chi connectivity index (χ0v) is 8.04. The van der Waals surface area contributed by atoms with Gasteiger partial charge in [0.25, 0.3) is 0 Å². The lowest BCUT2D eigenvalue weighted by molar-refractivity contribution is 0.645. The first-order valence-corrected chi connectivity index (χ1v) is 4.48. The molecule has 0 atom stereocenters. The molecule has 5 heteroatoms. The molecule has 0 aliphatic carbocycles. The summed E-state index contributed by atoms with van der Waals surface area (Å²) >= 11 is 0. The predicted octanol–water partition coefficient (Wildman–Crippen LogP) is 0.292. The Bertz CT molecular complexity index is 468. The van der Waals surface area contributed by atoms with E-state index in [2.05, 4.69) is 26.4 Å². The number of aromatic nitrogens is 5. The van der Waals surface area contributed by atoms with E-state index < -0.39 is 0 Å². The molecule has 0 spiro atoms. The van der Waals surface area contributed by atoms with Crippen LogP contribution in [0.2, 0.25) is 0 Å². The van der Waals surface area contributed by atoms with Gasteiger partial charge in [0.15, 0.2) is 5.82 Å². The Kier molecular flexibility index (Phi) is 2.70. The highest BCUT2D eigenvalue weighted by atomic mass is 15.5. The lowest BCUT2D eigenvalue weighted by Gasteiger charge is -1.99. The molecule has 2 rings (SSSR count). The highest BCUT2D eigenvalue weighted by Gasteiger charge is 2.05. The second-order valence-corrected chi connectivity index (χ2v) is 2.95. The second-order valence-electron chi connectivity index (χ2n) is 2.95. The molecule has 0 aliphatic rings. The Hall–Kier alpha value is -2.22. The van der Waals surface area contributed by atoms with Crippen LogP contribution in [0.15, 0.2) is 24.4 Å². The van der Waals surface area contributed by atoms with E-state index >= 15 is 0 Å². The smallest absolute Gasteiger partial charge is 0.158 e. The lowest BCUT2D eigenvalue weighted by atomic mass is 10.2. The number of hydrogen-bond acceptors (Lipinski definition) is 4. The fraction of sp³-hybridized carbons (Fsp3) is 0.200. The van der Waals surface area contributed by atoms with Gasteiger partial charge in [-0.3, -0.25) is 4.98 Å². The highest BCUT2D eigenvalue weighted by Crippen LogP contribution is 2.02. The minimum Gasteiger partial charge on any atom is -0.261 e. The summed E-state index contributed by atoms with van der Waals surface area (Å²) in [7, 11) is 0. The first-order chi connectivity index (χ1) is 7.40. The summed E-state index contributed by atoms with van der Waals surface area (Å²) in [5.41, 5.74) is 0.922. The van der Waals surface area contributed by atoms with Crippen LogP contribution in [0.4, 0.5) is 0 Å². The quantitative estimate of drug-likeness (QED) is 0.667. The molecular weight excluding hydrogens is 190 g/mol. The third-order valence-corrected chi connectivity index (χ3v) is 1.91. The number of rotatable bonds is 3. The van der Waals surface area contributed by atoms with Crippen LogP contribution in [0.5, 0.6) is 0 Å². The van der Waals surface area contributed by atoms with Crippen LogP contribution in [0.1, 0.15) is 11.5 Å². The molecule has 0 aromatic carbocycles. The van der Waals surface area contributed by atoms with Crippen LogP contribution in [-0.2, 0) is 13.0 Å². The van der Waals surface area contributed by atoms with Crippen LogP contribution >= 0.6 is 0 Å². The maximum Gasteiger partial charge on any atom is 0.158 e. The van der Waals surface area contributed by atoms with Gasteiger partial charge in [-0.05, 0) is 22.6 Å². The molecule has 2 aromatic heterocycles. The maximum atomic E-state index is 5.20. The Balaban J connectivity index is 2.18. The van der Waals surface area contributed by atoms with Crippen LogP contribution in [0.25, 0.3) is 0 Å². The number of nitrogens with zero attached hydrogens (tertiary/aromatic N) is 5. The van der Waals surface area contributed by atoms with Crippen LogP contribution in [0, 0.1) is 12.3 Å². The van der Waals surface area contributed by atoms with Gasteiger partial charge in [-0.1, -0.05) is 12.0 Å². The second kappa shape index (κ2) is 4.33. The molecule has 0 radical (unpaired) electrons. The molecular formula is C10H9N5. The third-order valence-electron chi connectivity index (χ3n) is 1.91. The van der Waals surface area contributed by atoms with Crippen LogP contribution in [0.3, 0.4) is 0 Å². The molecule has 0 N–H and O–H groups in total. The molecule has 0 unspecified atom stereocenters. The molecule has 0 bridgehead atoms. The zero-order valence-electron chi connectivity index (χ0n) is 8.04. The Labute approximate surface area is 87.2 Å². The summed E-state index contributed by atoms with van der Waals surface area (Å²) in [6, 6.07) is 5.72. The molecule has 0 fully saturated rings. The van der Waals surface area contributed by atoms with Crippen molar-refractivity contribution in [3.05, 3.63) is 35.9 Å². The summed E-state index contributed by atoms with van der Waals surface area (Å²) in [6.45, 7) is 0.384. The topological polar surface area (TPSA) is 56.5 Å².